The van der Waals surface area contributed by atoms with E-state index in [9.17, 15) is 4.79 Å². The Balaban J connectivity index is 2.00. The molecule has 212 valence electrons. The van der Waals surface area contributed by atoms with Gasteiger partial charge in [0.2, 0.25) is 0 Å². The summed E-state index contributed by atoms with van der Waals surface area (Å²) in [5.41, 5.74) is 5.34. The van der Waals surface area contributed by atoms with E-state index in [4.69, 9.17) is 4.74 Å². The predicted octanol–water partition coefficient (Wildman–Crippen LogP) is 9.72. The smallest absolute Gasteiger partial charge is 0.318 e. The van der Waals surface area contributed by atoms with Gasteiger partial charge in [-0.1, -0.05) is 135 Å². The molecular formula is C35H56O2Si. The summed E-state index contributed by atoms with van der Waals surface area (Å²) < 4.78 is 5.35. The number of benzene rings is 1. The van der Waals surface area contributed by atoms with Crippen LogP contribution in [0.1, 0.15) is 132 Å². The fourth-order valence-electron chi connectivity index (χ4n) is 6.97. The van der Waals surface area contributed by atoms with Crippen molar-refractivity contribution in [3.05, 3.63) is 41.0 Å². The second-order valence-corrected chi connectivity index (χ2v) is 18.2. The molecule has 0 N–H and O–H groups in total. The van der Waals surface area contributed by atoms with Crippen LogP contribution in [0.2, 0.25) is 16.6 Å². The minimum Gasteiger partial charge on any atom is -0.465 e. The van der Waals surface area contributed by atoms with Gasteiger partial charge in [0.05, 0.1) is 14.7 Å². The van der Waals surface area contributed by atoms with Gasteiger partial charge in [-0.15, -0.1) is 0 Å². The van der Waals surface area contributed by atoms with E-state index in [-0.39, 0.29) is 11.9 Å². The lowest BCUT2D eigenvalue weighted by Crippen LogP contribution is -2.55. The molecule has 2 rings (SSSR count). The molecule has 0 radical (unpaired) electrons. The highest BCUT2D eigenvalue weighted by Gasteiger charge is 2.44. The van der Waals surface area contributed by atoms with Crippen molar-refractivity contribution < 1.29 is 9.53 Å². The quantitative estimate of drug-likeness (QED) is 0.0857. The fraction of sp³-hybridized carbons (Fsp3) is 0.686. The molecule has 0 heterocycles. The molecule has 1 aromatic carbocycles. The zero-order valence-electron chi connectivity index (χ0n) is 25.9. The Morgan fingerprint density at radius 2 is 1.26 bits per heavy atom. The van der Waals surface area contributed by atoms with Crippen LogP contribution in [-0.2, 0) is 9.53 Å². The molecule has 0 aromatic heterocycles. The summed E-state index contributed by atoms with van der Waals surface area (Å²) in [5, 5.41) is 1.54. The van der Waals surface area contributed by atoms with Gasteiger partial charge < -0.3 is 4.74 Å². The molecular weight excluding hydrogens is 480 g/mol. The molecule has 0 aliphatic heterocycles. The van der Waals surface area contributed by atoms with Gasteiger partial charge in [0, 0.05) is 11.1 Å². The Bertz CT molecular complexity index is 921. The lowest BCUT2D eigenvalue weighted by Gasteiger charge is -2.43. The first kappa shape index (κ1) is 32.4. The number of ether oxygens (including phenoxy) is 1. The summed E-state index contributed by atoms with van der Waals surface area (Å²) in [6, 6.07) is 9.07. The van der Waals surface area contributed by atoms with Crippen LogP contribution in [0, 0.1) is 17.8 Å². The van der Waals surface area contributed by atoms with Gasteiger partial charge in [-0.25, -0.2) is 0 Å². The van der Waals surface area contributed by atoms with Crippen LogP contribution in [0.25, 0.3) is 0 Å². The van der Waals surface area contributed by atoms with Gasteiger partial charge in [-0.2, -0.15) is 0 Å². The predicted molar refractivity (Wildman–Crippen MR) is 168 cm³/mol. The molecule has 0 fully saturated rings. The Morgan fingerprint density at radius 3 is 1.74 bits per heavy atom. The van der Waals surface area contributed by atoms with Gasteiger partial charge in [-0.3, -0.25) is 4.79 Å². The normalized spacial score (nSPS) is 15.3. The minimum absolute atomic E-state index is 0.115. The van der Waals surface area contributed by atoms with E-state index in [0.717, 1.165) is 24.0 Å². The first-order chi connectivity index (χ1) is 18.2. The first-order valence-electron chi connectivity index (χ1n) is 15.7. The number of carbonyl (C=O) groups excluding carboxylic acids is 1. The highest BCUT2D eigenvalue weighted by molar-refractivity contribution is 6.95. The summed E-state index contributed by atoms with van der Waals surface area (Å²) in [6.07, 6.45) is 14.2. The van der Waals surface area contributed by atoms with E-state index in [2.05, 4.69) is 84.6 Å². The Kier molecular flexibility index (Phi) is 13.9. The van der Waals surface area contributed by atoms with Crippen LogP contribution in [0.15, 0.2) is 35.4 Å². The molecule has 2 nitrogen and oxygen atoms in total. The average Bonchev–Trinajstić information content (AvgIpc) is 3.57. The number of unbranched alkanes of at least 4 members (excludes halogenated alkanes) is 9. The second-order valence-electron chi connectivity index (χ2n) is 12.3. The maximum Gasteiger partial charge on any atom is 0.318 e. The molecule has 1 aliphatic rings. The summed E-state index contributed by atoms with van der Waals surface area (Å²) in [6.45, 7) is 19.0. The van der Waals surface area contributed by atoms with Crippen LogP contribution in [-0.4, -0.2) is 20.7 Å². The fourth-order valence-corrected chi connectivity index (χ4v) is 13.7. The van der Waals surface area contributed by atoms with Gasteiger partial charge in [-0.05, 0) is 54.1 Å². The van der Waals surface area contributed by atoms with Crippen LogP contribution in [0.3, 0.4) is 0 Å². The third-order valence-corrected chi connectivity index (χ3v) is 15.9. The average molecular weight is 537 g/mol. The number of esters is 1. The summed E-state index contributed by atoms with van der Waals surface area (Å²) >= 11 is 0. The summed E-state index contributed by atoms with van der Waals surface area (Å²) in [4.78, 5) is 12.5. The summed E-state index contributed by atoms with van der Waals surface area (Å²) in [5.74, 6) is 6.43. The van der Waals surface area contributed by atoms with Gasteiger partial charge >= 0.3 is 5.97 Å². The molecule has 0 bridgehead atoms. The Labute approximate surface area is 236 Å². The number of carbonyl (C=O) groups is 1. The zero-order chi connectivity index (χ0) is 28.1. The van der Waals surface area contributed by atoms with Crippen molar-refractivity contribution in [1.82, 2.24) is 0 Å². The highest BCUT2D eigenvalue weighted by Crippen LogP contribution is 2.43. The SMILES string of the molecule is CCCCCCCCCCCCC1=C(C#Cc2ccc([Si](C(C)C)(C(C)C)C(C)C)cc2)C1C(=O)OCC. The van der Waals surface area contributed by atoms with E-state index >= 15 is 0 Å². The molecule has 0 amide bonds. The van der Waals surface area contributed by atoms with Crippen LogP contribution < -0.4 is 5.19 Å². The molecule has 1 atom stereocenters. The molecule has 0 saturated carbocycles. The standard InChI is InChI=1S/C35H56O2Si/c1-9-11-12-13-14-15-16-17-18-19-20-32-33(34(32)35(36)37-10-2)26-23-30-21-24-31(25-22-30)38(27(3)4,28(5)6)29(7)8/h21-22,24-25,27-29,34H,9-20H2,1-8H3. The van der Waals surface area contributed by atoms with Crippen molar-refractivity contribution in [3.63, 3.8) is 0 Å². The number of rotatable bonds is 17. The van der Waals surface area contributed by atoms with Crippen LogP contribution in [0.5, 0.6) is 0 Å². The second kappa shape index (κ2) is 16.3. The third kappa shape index (κ3) is 8.61. The third-order valence-electron chi connectivity index (χ3n) is 8.81. The molecule has 1 unspecified atom stereocenters. The van der Waals surface area contributed by atoms with Crippen LogP contribution in [0.4, 0.5) is 0 Å². The topological polar surface area (TPSA) is 26.3 Å². The monoisotopic (exact) mass is 536 g/mol. The maximum atomic E-state index is 12.5. The van der Waals surface area contributed by atoms with Gasteiger partial charge in [0.1, 0.15) is 5.92 Å². The largest absolute Gasteiger partial charge is 0.465 e. The van der Waals surface area contributed by atoms with Crippen molar-refractivity contribution >= 4 is 19.2 Å². The van der Waals surface area contributed by atoms with E-state index in [1.54, 1.807) is 5.19 Å². The molecule has 0 spiro atoms. The lowest BCUT2D eigenvalue weighted by molar-refractivity contribution is -0.144. The van der Waals surface area contributed by atoms with Crippen molar-refractivity contribution in [2.24, 2.45) is 5.92 Å². The van der Waals surface area contributed by atoms with E-state index < -0.39 is 8.07 Å². The van der Waals surface area contributed by atoms with Crippen molar-refractivity contribution in [2.75, 3.05) is 6.61 Å². The number of hydrogen-bond acceptors (Lipinski definition) is 2. The zero-order valence-corrected chi connectivity index (χ0v) is 26.9. The lowest BCUT2D eigenvalue weighted by atomic mass is 10.0. The van der Waals surface area contributed by atoms with Gasteiger partial charge in [0.15, 0.2) is 0 Å². The van der Waals surface area contributed by atoms with E-state index in [1.165, 1.54) is 63.4 Å². The molecule has 3 heteroatoms. The molecule has 1 aromatic rings. The van der Waals surface area contributed by atoms with Crippen LogP contribution >= 0.6 is 0 Å². The molecule has 0 saturated heterocycles. The van der Waals surface area contributed by atoms with E-state index in [1.807, 2.05) is 6.92 Å². The van der Waals surface area contributed by atoms with Crippen molar-refractivity contribution in [3.8, 4) is 11.8 Å². The Morgan fingerprint density at radius 1 is 0.763 bits per heavy atom. The van der Waals surface area contributed by atoms with E-state index in [0.29, 0.717) is 23.2 Å². The molecule has 38 heavy (non-hydrogen) atoms. The maximum absolute atomic E-state index is 12.5. The Hall–Kier alpha value is -1.79. The minimum atomic E-state index is -1.66. The molecule has 1 aliphatic carbocycles. The first-order valence-corrected chi connectivity index (χ1v) is 18.0. The van der Waals surface area contributed by atoms with Crippen molar-refractivity contribution in [1.29, 1.82) is 0 Å². The highest BCUT2D eigenvalue weighted by atomic mass is 28.3. The number of hydrogen-bond donors (Lipinski definition) is 0. The van der Waals surface area contributed by atoms with Gasteiger partial charge in [0.25, 0.3) is 0 Å². The van der Waals surface area contributed by atoms with Crippen molar-refractivity contribution in [2.45, 2.75) is 143 Å². The summed E-state index contributed by atoms with van der Waals surface area (Å²) in [7, 11) is -1.66.